The van der Waals surface area contributed by atoms with Crippen LogP contribution in [-0.2, 0) is 11.3 Å². The van der Waals surface area contributed by atoms with Gasteiger partial charge in [-0.1, -0.05) is 18.2 Å². The normalized spacial score (nSPS) is 11.7. The van der Waals surface area contributed by atoms with Crippen molar-refractivity contribution in [3.63, 3.8) is 0 Å². The Hall–Kier alpha value is -0.930. The third-order valence-electron chi connectivity index (χ3n) is 1.89. The first-order valence-corrected chi connectivity index (χ1v) is 4.16. The molecule has 0 aliphatic rings. The van der Waals surface area contributed by atoms with E-state index in [4.69, 9.17) is 10.7 Å². The fourth-order valence-electron chi connectivity index (χ4n) is 1.14. The molecule has 2 N–H and O–H groups in total. The minimum Gasteiger partial charge on any atom is -0.298 e. The van der Waals surface area contributed by atoms with Crippen molar-refractivity contribution >= 4 is 0 Å². The molecule has 1 rings (SSSR count). The van der Waals surface area contributed by atoms with E-state index in [9.17, 15) is 4.39 Å². The Morgan fingerprint density at radius 2 is 2.00 bits per heavy atom. The molecule has 0 aromatic heterocycles. The fourth-order valence-corrected chi connectivity index (χ4v) is 1.14. The van der Waals surface area contributed by atoms with Gasteiger partial charge in [0, 0.05) is 6.42 Å². The van der Waals surface area contributed by atoms with Crippen LogP contribution in [-0.4, -0.2) is 5.60 Å². The van der Waals surface area contributed by atoms with E-state index >= 15 is 0 Å². The first-order valence-electron chi connectivity index (χ1n) is 4.16. The quantitative estimate of drug-likeness (QED) is 0.728. The SMILES string of the molecule is CC(C)(Cc1ccccc1F)ON. The molecule has 0 amide bonds. The Balaban J connectivity index is 2.80. The average molecular weight is 183 g/mol. The first-order chi connectivity index (χ1) is 6.05. The molecule has 0 fully saturated rings. The van der Waals surface area contributed by atoms with Crippen molar-refractivity contribution in [3.05, 3.63) is 35.6 Å². The lowest BCUT2D eigenvalue weighted by molar-refractivity contribution is -0.0192. The molecule has 0 saturated heterocycles. The van der Waals surface area contributed by atoms with Gasteiger partial charge in [-0.3, -0.25) is 4.84 Å². The molecule has 0 aliphatic carbocycles. The minimum atomic E-state index is -0.526. The Kier molecular flexibility index (Phi) is 3.01. The Bertz CT molecular complexity index is 286. The summed E-state index contributed by atoms with van der Waals surface area (Å²) >= 11 is 0. The summed E-state index contributed by atoms with van der Waals surface area (Å²) in [6, 6.07) is 6.62. The molecule has 0 saturated carbocycles. The van der Waals surface area contributed by atoms with Crippen LogP contribution >= 0.6 is 0 Å². The lowest BCUT2D eigenvalue weighted by atomic mass is 9.98. The molecule has 0 spiro atoms. The van der Waals surface area contributed by atoms with Gasteiger partial charge in [0.05, 0.1) is 5.60 Å². The van der Waals surface area contributed by atoms with Crippen LogP contribution in [0, 0.1) is 5.82 Å². The van der Waals surface area contributed by atoms with E-state index < -0.39 is 5.60 Å². The summed E-state index contributed by atoms with van der Waals surface area (Å²) in [5, 5.41) is 0. The maximum atomic E-state index is 13.2. The van der Waals surface area contributed by atoms with Crippen molar-refractivity contribution in [3.8, 4) is 0 Å². The molecule has 0 unspecified atom stereocenters. The van der Waals surface area contributed by atoms with Crippen LogP contribution in [0.2, 0.25) is 0 Å². The number of hydrogen-bond donors (Lipinski definition) is 1. The molecule has 13 heavy (non-hydrogen) atoms. The number of rotatable bonds is 3. The third kappa shape index (κ3) is 2.79. The zero-order chi connectivity index (χ0) is 9.90. The van der Waals surface area contributed by atoms with E-state index in [2.05, 4.69) is 0 Å². The Morgan fingerprint density at radius 3 is 2.54 bits per heavy atom. The highest BCUT2D eigenvalue weighted by Crippen LogP contribution is 2.17. The van der Waals surface area contributed by atoms with Crippen molar-refractivity contribution in [2.75, 3.05) is 0 Å². The number of halogens is 1. The average Bonchev–Trinajstić information content (AvgIpc) is 2.09. The molecule has 2 nitrogen and oxygen atoms in total. The van der Waals surface area contributed by atoms with Gasteiger partial charge >= 0.3 is 0 Å². The minimum absolute atomic E-state index is 0.215. The van der Waals surface area contributed by atoms with Crippen molar-refractivity contribution in [1.82, 2.24) is 0 Å². The maximum Gasteiger partial charge on any atom is 0.126 e. The second-order valence-electron chi connectivity index (χ2n) is 3.65. The molecule has 1 aromatic carbocycles. The second kappa shape index (κ2) is 3.85. The van der Waals surface area contributed by atoms with Crippen LogP contribution < -0.4 is 5.90 Å². The van der Waals surface area contributed by atoms with Crippen molar-refractivity contribution in [1.29, 1.82) is 0 Å². The molecule has 3 heteroatoms. The predicted octanol–water partition coefficient (Wildman–Crippen LogP) is 2.04. The van der Waals surface area contributed by atoms with Gasteiger partial charge < -0.3 is 0 Å². The molecule has 0 heterocycles. The van der Waals surface area contributed by atoms with Crippen molar-refractivity contribution < 1.29 is 9.23 Å². The molecular formula is C10H14FNO. The van der Waals surface area contributed by atoms with E-state index in [0.717, 1.165) is 0 Å². The van der Waals surface area contributed by atoms with Gasteiger partial charge in [0.25, 0.3) is 0 Å². The zero-order valence-corrected chi connectivity index (χ0v) is 7.88. The number of nitrogens with two attached hydrogens (primary N) is 1. The highest BCUT2D eigenvalue weighted by molar-refractivity contribution is 5.18. The van der Waals surface area contributed by atoms with Crippen LogP contribution in [0.25, 0.3) is 0 Å². The van der Waals surface area contributed by atoms with Crippen LogP contribution in [0.4, 0.5) is 4.39 Å². The van der Waals surface area contributed by atoms with Crippen LogP contribution in [0.5, 0.6) is 0 Å². The summed E-state index contributed by atoms with van der Waals surface area (Å²) < 4.78 is 13.2. The van der Waals surface area contributed by atoms with E-state index in [1.165, 1.54) is 6.07 Å². The topological polar surface area (TPSA) is 35.2 Å². The summed E-state index contributed by atoms with van der Waals surface area (Å²) in [6.45, 7) is 3.64. The summed E-state index contributed by atoms with van der Waals surface area (Å²) in [6.07, 6.45) is 0.468. The summed E-state index contributed by atoms with van der Waals surface area (Å²) in [5.41, 5.74) is 0.0975. The Labute approximate surface area is 77.5 Å². The first kappa shape index (κ1) is 10.2. The molecule has 0 bridgehead atoms. The van der Waals surface area contributed by atoms with Crippen molar-refractivity contribution in [2.24, 2.45) is 5.90 Å². The number of hydrogen-bond acceptors (Lipinski definition) is 2. The molecular weight excluding hydrogens is 169 g/mol. The smallest absolute Gasteiger partial charge is 0.126 e. The summed E-state index contributed by atoms with van der Waals surface area (Å²) in [7, 11) is 0. The van der Waals surface area contributed by atoms with Gasteiger partial charge in [-0.05, 0) is 25.5 Å². The van der Waals surface area contributed by atoms with E-state index in [1.807, 2.05) is 13.8 Å². The fraction of sp³-hybridized carbons (Fsp3) is 0.400. The molecule has 0 radical (unpaired) electrons. The monoisotopic (exact) mass is 183 g/mol. The highest BCUT2D eigenvalue weighted by Gasteiger charge is 2.19. The molecule has 0 atom stereocenters. The van der Waals surface area contributed by atoms with Crippen LogP contribution in [0.3, 0.4) is 0 Å². The lowest BCUT2D eigenvalue weighted by Crippen LogP contribution is -2.30. The summed E-state index contributed by atoms with van der Waals surface area (Å²) in [5.74, 6) is 4.87. The third-order valence-corrected chi connectivity index (χ3v) is 1.89. The molecule has 1 aromatic rings. The Morgan fingerprint density at radius 1 is 1.38 bits per heavy atom. The van der Waals surface area contributed by atoms with Gasteiger partial charge in [0.1, 0.15) is 5.82 Å². The van der Waals surface area contributed by atoms with Gasteiger partial charge in [-0.2, -0.15) is 0 Å². The summed E-state index contributed by atoms with van der Waals surface area (Å²) in [4.78, 5) is 4.73. The van der Waals surface area contributed by atoms with Gasteiger partial charge in [-0.15, -0.1) is 0 Å². The zero-order valence-electron chi connectivity index (χ0n) is 7.88. The molecule has 72 valence electrons. The molecule has 0 aliphatic heterocycles. The predicted molar refractivity (Wildman–Crippen MR) is 49.5 cm³/mol. The van der Waals surface area contributed by atoms with Gasteiger partial charge in [0.15, 0.2) is 0 Å². The van der Waals surface area contributed by atoms with Gasteiger partial charge in [0.2, 0.25) is 0 Å². The van der Waals surface area contributed by atoms with Crippen LogP contribution in [0.1, 0.15) is 19.4 Å². The van der Waals surface area contributed by atoms with E-state index in [0.29, 0.717) is 12.0 Å². The largest absolute Gasteiger partial charge is 0.298 e. The van der Waals surface area contributed by atoms with Crippen LogP contribution in [0.15, 0.2) is 24.3 Å². The highest BCUT2D eigenvalue weighted by atomic mass is 19.1. The van der Waals surface area contributed by atoms with Crippen molar-refractivity contribution in [2.45, 2.75) is 25.9 Å². The maximum absolute atomic E-state index is 13.2. The van der Waals surface area contributed by atoms with E-state index in [-0.39, 0.29) is 5.82 Å². The van der Waals surface area contributed by atoms with E-state index in [1.54, 1.807) is 18.2 Å². The lowest BCUT2D eigenvalue weighted by Gasteiger charge is -2.21. The van der Waals surface area contributed by atoms with Gasteiger partial charge in [-0.25, -0.2) is 10.3 Å². The second-order valence-corrected chi connectivity index (χ2v) is 3.65. The number of benzene rings is 1. The standard InChI is InChI=1S/C10H14FNO/c1-10(2,13-12)7-8-5-3-4-6-9(8)11/h3-6H,7,12H2,1-2H3.